The zero-order valence-corrected chi connectivity index (χ0v) is 19.5. The van der Waals surface area contributed by atoms with Crippen molar-refractivity contribution in [2.24, 2.45) is 5.92 Å². The second kappa shape index (κ2) is 9.14. The number of rotatable bonds is 3. The van der Waals surface area contributed by atoms with E-state index in [4.69, 9.17) is 9.47 Å². The largest absolute Gasteiger partial charge is 0.497 e. The standard InChI is InChI=1S/C23H19NO5.C4H10/c1-28-14-4-2-3-13(9-14)17-10-18-15(16-6-8-29-22(16)17)5-7-24-12-19(23(26)27)21(25)11-20(18)24;1-4(2)3/h2-4,9-12H,5-8H2,1H3,(H,26,27);4H,1-3H3. The first-order valence-electron chi connectivity index (χ1n) is 11.2. The predicted octanol–water partition coefficient (Wildman–Crippen LogP) is 5.04. The fourth-order valence-corrected chi connectivity index (χ4v) is 4.35. The van der Waals surface area contributed by atoms with Gasteiger partial charge in [0.15, 0.2) is 5.43 Å². The molecular weight excluding hydrogens is 418 g/mol. The Kier molecular flexibility index (Phi) is 6.27. The molecule has 1 aromatic heterocycles. The quantitative estimate of drug-likeness (QED) is 0.608. The van der Waals surface area contributed by atoms with Crippen molar-refractivity contribution in [3.8, 4) is 33.9 Å². The van der Waals surface area contributed by atoms with Gasteiger partial charge in [0.25, 0.3) is 0 Å². The number of aromatic carboxylic acids is 1. The van der Waals surface area contributed by atoms with Crippen LogP contribution in [0.1, 0.15) is 42.3 Å². The fraction of sp³-hybridized carbons (Fsp3) is 0.333. The van der Waals surface area contributed by atoms with Crippen LogP contribution in [0.4, 0.5) is 0 Å². The third-order valence-electron chi connectivity index (χ3n) is 5.71. The van der Waals surface area contributed by atoms with Crippen molar-refractivity contribution in [3.05, 3.63) is 69.5 Å². The van der Waals surface area contributed by atoms with Crippen LogP contribution in [-0.4, -0.2) is 29.4 Å². The average molecular weight is 448 g/mol. The summed E-state index contributed by atoms with van der Waals surface area (Å²) in [4.78, 5) is 23.7. The summed E-state index contributed by atoms with van der Waals surface area (Å²) in [6.45, 7) is 7.77. The van der Waals surface area contributed by atoms with Crippen LogP contribution in [0.25, 0.3) is 22.4 Å². The molecule has 1 N–H and O–H groups in total. The summed E-state index contributed by atoms with van der Waals surface area (Å²) < 4.78 is 13.2. The molecule has 2 aromatic carbocycles. The molecule has 2 aliphatic rings. The number of nitrogens with zero attached hydrogens (tertiary/aromatic N) is 1. The number of hydrogen-bond acceptors (Lipinski definition) is 4. The highest BCUT2D eigenvalue weighted by molar-refractivity contribution is 5.88. The van der Waals surface area contributed by atoms with Gasteiger partial charge in [0.1, 0.15) is 17.1 Å². The first-order chi connectivity index (χ1) is 15.8. The lowest BCUT2D eigenvalue weighted by Gasteiger charge is -2.25. The van der Waals surface area contributed by atoms with Crippen molar-refractivity contribution in [2.75, 3.05) is 13.7 Å². The Balaban J connectivity index is 0.000000601. The highest BCUT2D eigenvalue weighted by Crippen LogP contribution is 2.45. The third kappa shape index (κ3) is 4.38. The van der Waals surface area contributed by atoms with E-state index in [1.165, 1.54) is 23.4 Å². The zero-order valence-electron chi connectivity index (χ0n) is 19.5. The smallest absolute Gasteiger partial charge is 0.341 e. The van der Waals surface area contributed by atoms with E-state index in [0.29, 0.717) is 13.2 Å². The van der Waals surface area contributed by atoms with Gasteiger partial charge in [0, 0.05) is 41.9 Å². The molecule has 0 fully saturated rings. The van der Waals surface area contributed by atoms with Gasteiger partial charge in [-0.1, -0.05) is 32.9 Å². The lowest BCUT2D eigenvalue weighted by atomic mass is 9.87. The fourth-order valence-electron chi connectivity index (χ4n) is 4.35. The Morgan fingerprint density at radius 1 is 1.09 bits per heavy atom. The van der Waals surface area contributed by atoms with Gasteiger partial charge < -0.3 is 19.1 Å². The Labute approximate surface area is 193 Å². The number of carbonyl (C=O) groups is 1. The van der Waals surface area contributed by atoms with E-state index in [-0.39, 0.29) is 5.56 Å². The van der Waals surface area contributed by atoms with E-state index in [2.05, 4.69) is 26.8 Å². The average Bonchev–Trinajstić information content (AvgIpc) is 3.27. The van der Waals surface area contributed by atoms with Crippen molar-refractivity contribution in [3.63, 3.8) is 0 Å². The summed E-state index contributed by atoms with van der Waals surface area (Å²) in [5.41, 5.74) is 5.34. The molecule has 5 rings (SSSR count). The van der Waals surface area contributed by atoms with Crippen LogP contribution in [0, 0.1) is 5.92 Å². The Morgan fingerprint density at radius 3 is 2.55 bits per heavy atom. The van der Waals surface area contributed by atoms with Gasteiger partial charge >= 0.3 is 5.97 Å². The number of aromatic nitrogens is 1. The summed E-state index contributed by atoms with van der Waals surface area (Å²) >= 11 is 0. The molecule has 3 aromatic rings. The molecular formula is C27H29NO5. The molecule has 6 nitrogen and oxygen atoms in total. The van der Waals surface area contributed by atoms with Crippen LogP contribution in [0.5, 0.6) is 11.5 Å². The van der Waals surface area contributed by atoms with E-state index in [9.17, 15) is 14.7 Å². The number of methoxy groups -OCH3 is 1. The molecule has 3 heterocycles. The van der Waals surface area contributed by atoms with Gasteiger partial charge in [-0.2, -0.15) is 0 Å². The highest BCUT2D eigenvalue weighted by Gasteiger charge is 2.28. The molecule has 172 valence electrons. The van der Waals surface area contributed by atoms with Gasteiger partial charge in [-0.3, -0.25) is 4.79 Å². The maximum Gasteiger partial charge on any atom is 0.341 e. The van der Waals surface area contributed by atoms with Gasteiger partial charge in [-0.25, -0.2) is 4.79 Å². The number of ether oxygens (including phenoxy) is 2. The van der Waals surface area contributed by atoms with Crippen LogP contribution in [-0.2, 0) is 19.4 Å². The second-order valence-corrected chi connectivity index (χ2v) is 9.01. The van der Waals surface area contributed by atoms with E-state index < -0.39 is 11.4 Å². The van der Waals surface area contributed by atoms with Crippen molar-refractivity contribution in [2.45, 2.75) is 40.2 Å². The molecule has 0 spiro atoms. The van der Waals surface area contributed by atoms with Gasteiger partial charge in [0.05, 0.1) is 19.4 Å². The molecule has 0 unspecified atom stereocenters. The number of aryl methyl sites for hydroxylation is 1. The minimum absolute atomic E-state index is 0.199. The minimum atomic E-state index is -1.20. The van der Waals surface area contributed by atoms with Crippen LogP contribution in [0.2, 0.25) is 0 Å². The summed E-state index contributed by atoms with van der Waals surface area (Å²) in [5.74, 6) is 1.29. The van der Waals surface area contributed by atoms with Crippen LogP contribution in [0.15, 0.2) is 47.4 Å². The van der Waals surface area contributed by atoms with E-state index in [1.807, 2.05) is 28.8 Å². The van der Waals surface area contributed by atoms with Crippen LogP contribution in [0.3, 0.4) is 0 Å². The maximum absolute atomic E-state index is 12.4. The Bertz CT molecular complexity index is 1270. The minimum Gasteiger partial charge on any atom is -0.497 e. The molecule has 0 saturated heterocycles. The molecule has 2 aliphatic heterocycles. The number of benzene rings is 2. The number of fused-ring (bicyclic) bond motifs is 5. The van der Waals surface area contributed by atoms with Crippen molar-refractivity contribution < 1.29 is 19.4 Å². The van der Waals surface area contributed by atoms with E-state index in [1.54, 1.807) is 7.11 Å². The molecule has 0 amide bonds. The molecule has 0 radical (unpaired) electrons. The van der Waals surface area contributed by atoms with Crippen molar-refractivity contribution in [1.29, 1.82) is 0 Å². The van der Waals surface area contributed by atoms with Crippen molar-refractivity contribution >= 4 is 5.97 Å². The SMILES string of the molecule is CC(C)C.COc1cccc(-c2cc3c(c4c2OCC4)CCn2cc(C(=O)O)c(=O)cc2-3)c1. The lowest BCUT2D eigenvalue weighted by molar-refractivity contribution is 0.0694. The normalized spacial score (nSPS) is 13.2. The molecule has 0 atom stereocenters. The van der Waals surface area contributed by atoms with E-state index in [0.717, 1.165) is 52.6 Å². The predicted molar refractivity (Wildman–Crippen MR) is 129 cm³/mol. The highest BCUT2D eigenvalue weighted by atomic mass is 16.5. The lowest BCUT2D eigenvalue weighted by Crippen LogP contribution is -2.22. The maximum atomic E-state index is 12.4. The molecule has 0 bridgehead atoms. The number of carboxylic acids is 1. The van der Waals surface area contributed by atoms with Crippen molar-refractivity contribution in [1.82, 2.24) is 4.57 Å². The monoisotopic (exact) mass is 447 g/mol. The topological polar surface area (TPSA) is 77.8 Å². The summed E-state index contributed by atoms with van der Waals surface area (Å²) in [5, 5.41) is 9.29. The van der Waals surface area contributed by atoms with Gasteiger partial charge in [0.2, 0.25) is 0 Å². The van der Waals surface area contributed by atoms with Gasteiger partial charge in [-0.05, 0) is 41.7 Å². The Morgan fingerprint density at radius 2 is 1.85 bits per heavy atom. The summed E-state index contributed by atoms with van der Waals surface area (Å²) in [7, 11) is 1.63. The summed E-state index contributed by atoms with van der Waals surface area (Å²) in [6, 6.07) is 11.3. The molecule has 6 heteroatoms. The van der Waals surface area contributed by atoms with Crippen LogP contribution < -0.4 is 14.9 Å². The van der Waals surface area contributed by atoms with E-state index >= 15 is 0 Å². The molecule has 0 saturated carbocycles. The Hall–Kier alpha value is -3.54. The summed E-state index contributed by atoms with van der Waals surface area (Å²) in [6.07, 6.45) is 3.05. The first kappa shape index (κ1) is 22.6. The second-order valence-electron chi connectivity index (χ2n) is 9.01. The number of pyridine rings is 1. The zero-order chi connectivity index (χ0) is 23.7. The van der Waals surface area contributed by atoms with Gasteiger partial charge in [-0.15, -0.1) is 0 Å². The molecule has 0 aliphatic carbocycles. The first-order valence-corrected chi connectivity index (χ1v) is 11.2. The number of carboxylic acid groups (broad SMARTS) is 1. The third-order valence-corrected chi connectivity index (χ3v) is 5.71. The number of hydrogen-bond donors (Lipinski definition) is 1. The molecule has 33 heavy (non-hydrogen) atoms. The van der Waals surface area contributed by atoms with Crippen LogP contribution >= 0.6 is 0 Å².